The number of benzene rings is 1. The van der Waals surface area contributed by atoms with Crippen LogP contribution in [0.2, 0.25) is 0 Å². The van der Waals surface area contributed by atoms with Crippen molar-refractivity contribution >= 4 is 29.1 Å². The van der Waals surface area contributed by atoms with Crippen molar-refractivity contribution in [3.8, 4) is 0 Å². The van der Waals surface area contributed by atoms with Gasteiger partial charge in [0.1, 0.15) is 0 Å². The molecule has 0 unspecified atom stereocenters. The summed E-state index contributed by atoms with van der Waals surface area (Å²) in [4.78, 5) is 38.5. The number of anilines is 2. The predicted octanol–water partition coefficient (Wildman–Crippen LogP) is 0.216. The third-order valence-electron chi connectivity index (χ3n) is 2.93. The average Bonchev–Trinajstić information content (AvgIpc) is 2.45. The Morgan fingerprint density at radius 2 is 1.73 bits per heavy atom. The van der Waals surface area contributed by atoms with Crippen LogP contribution in [0.4, 0.5) is 11.4 Å². The lowest BCUT2D eigenvalue weighted by molar-refractivity contribution is -0.139. The molecule has 3 N–H and O–H groups in total. The van der Waals surface area contributed by atoms with Gasteiger partial charge in [-0.25, -0.2) is 4.90 Å². The van der Waals surface area contributed by atoms with E-state index >= 15 is 0 Å². The second-order valence-corrected chi connectivity index (χ2v) is 5.16. The maximum Gasteiger partial charge on any atom is 0.323 e. The number of hydrogen-bond acceptors (Lipinski definition) is 5. The lowest BCUT2D eigenvalue weighted by Crippen LogP contribution is -2.45. The number of rotatable bonds is 5. The van der Waals surface area contributed by atoms with Gasteiger partial charge < -0.3 is 16.0 Å². The summed E-state index contributed by atoms with van der Waals surface area (Å²) in [5.41, 5.74) is 6.39. The summed E-state index contributed by atoms with van der Waals surface area (Å²) in [7, 11) is 3.84. The Balaban J connectivity index is 2.71. The van der Waals surface area contributed by atoms with Gasteiger partial charge in [-0.05, 0) is 51.3 Å². The van der Waals surface area contributed by atoms with Gasteiger partial charge in [-0.2, -0.15) is 0 Å². The van der Waals surface area contributed by atoms with Crippen molar-refractivity contribution < 1.29 is 14.4 Å². The van der Waals surface area contributed by atoms with E-state index in [0.717, 1.165) is 11.4 Å². The molecule has 0 spiro atoms. The van der Waals surface area contributed by atoms with Gasteiger partial charge in [0.2, 0.25) is 5.91 Å². The summed E-state index contributed by atoms with van der Waals surface area (Å²) in [6, 6.07) is 6.17. The topological polar surface area (TPSA) is 95.7 Å². The van der Waals surface area contributed by atoms with Gasteiger partial charge in [-0.15, -0.1) is 0 Å². The van der Waals surface area contributed by atoms with E-state index in [1.165, 1.54) is 19.1 Å². The van der Waals surface area contributed by atoms with Crippen LogP contribution in [0.15, 0.2) is 24.3 Å². The average molecular weight is 306 g/mol. The van der Waals surface area contributed by atoms with Crippen molar-refractivity contribution in [1.82, 2.24) is 10.2 Å². The van der Waals surface area contributed by atoms with Crippen molar-refractivity contribution in [3.63, 3.8) is 0 Å². The van der Waals surface area contributed by atoms with Crippen LogP contribution in [0, 0.1) is 0 Å². The molecule has 7 nitrogen and oxygen atoms in total. The molecule has 0 aromatic heterocycles. The van der Waals surface area contributed by atoms with E-state index in [-0.39, 0.29) is 0 Å². The van der Waals surface area contributed by atoms with Crippen LogP contribution in [0.1, 0.15) is 13.3 Å². The van der Waals surface area contributed by atoms with Crippen molar-refractivity contribution in [1.29, 1.82) is 0 Å². The third-order valence-corrected chi connectivity index (χ3v) is 2.93. The molecular weight excluding hydrogens is 284 g/mol. The Hall–Kier alpha value is -2.41. The van der Waals surface area contributed by atoms with Crippen molar-refractivity contribution in [2.45, 2.75) is 13.3 Å². The third kappa shape index (κ3) is 5.17. The highest BCUT2D eigenvalue weighted by molar-refractivity contribution is 6.45. The highest BCUT2D eigenvalue weighted by Gasteiger charge is 2.26. The molecule has 1 aromatic carbocycles. The van der Waals surface area contributed by atoms with Crippen molar-refractivity contribution in [3.05, 3.63) is 24.3 Å². The standard InChI is InChI=1S/C15H22N4O3/c1-11(20)19(13-7-5-12(16)6-8-13)15(22)14(21)17-9-4-10-18(2)3/h5-8H,4,9-10,16H2,1-3H3,(H,17,21). The molecule has 3 amide bonds. The zero-order valence-corrected chi connectivity index (χ0v) is 13.1. The van der Waals surface area contributed by atoms with E-state index < -0.39 is 17.7 Å². The first-order valence-corrected chi connectivity index (χ1v) is 6.96. The first kappa shape index (κ1) is 17.6. The Bertz CT molecular complexity index is 540. The number of carbonyl (C=O) groups excluding carboxylic acids is 3. The van der Waals surface area contributed by atoms with Gasteiger partial charge in [0.15, 0.2) is 0 Å². The highest BCUT2D eigenvalue weighted by Crippen LogP contribution is 2.16. The van der Waals surface area contributed by atoms with Crippen LogP contribution < -0.4 is 16.0 Å². The van der Waals surface area contributed by atoms with Crippen LogP contribution in [0.25, 0.3) is 0 Å². The molecule has 0 atom stereocenters. The van der Waals surface area contributed by atoms with E-state index in [9.17, 15) is 14.4 Å². The zero-order valence-electron chi connectivity index (χ0n) is 13.1. The number of nitrogens with zero attached hydrogens (tertiary/aromatic N) is 2. The number of amides is 3. The summed E-state index contributed by atoms with van der Waals surface area (Å²) in [5, 5.41) is 2.52. The van der Waals surface area contributed by atoms with Crippen LogP contribution in [-0.4, -0.2) is 49.8 Å². The zero-order chi connectivity index (χ0) is 16.7. The van der Waals surface area contributed by atoms with E-state index in [2.05, 4.69) is 5.32 Å². The molecule has 0 bridgehead atoms. The molecule has 0 heterocycles. The molecular formula is C15H22N4O3. The quantitative estimate of drug-likeness (QED) is 0.461. The monoisotopic (exact) mass is 306 g/mol. The van der Waals surface area contributed by atoms with E-state index in [0.29, 0.717) is 24.3 Å². The van der Waals surface area contributed by atoms with Gasteiger partial charge in [0.25, 0.3) is 0 Å². The maximum absolute atomic E-state index is 12.1. The lowest BCUT2D eigenvalue weighted by atomic mass is 10.2. The molecule has 0 saturated carbocycles. The molecule has 120 valence electrons. The molecule has 0 radical (unpaired) electrons. The molecule has 0 aliphatic heterocycles. The number of carbonyl (C=O) groups is 3. The van der Waals surface area contributed by atoms with E-state index in [1.807, 2.05) is 19.0 Å². The minimum Gasteiger partial charge on any atom is -0.399 e. The molecule has 7 heteroatoms. The number of nitrogen functional groups attached to an aromatic ring is 1. The van der Waals surface area contributed by atoms with Gasteiger partial charge in [-0.1, -0.05) is 0 Å². The molecule has 0 aliphatic rings. The van der Waals surface area contributed by atoms with Crippen LogP contribution in [0.5, 0.6) is 0 Å². The fraction of sp³-hybridized carbons (Fsp3) is 0.400. The van der Waals surface area contributed by atoms with E-state index in [1.54, 1.807) is 12.1 Å². The normalized spacial score (nSPS) is 10.4. The minimum atomic E-state index is -0.901. The highest BCUT2D eigenvalue weighted by atomic mass is 16.2. The Morgan fingerprint density at radius 1 is 1.14 bits per heavy atom. The first-order chi connectivity index (χ1) is 10.3. The van der Waals surface area contributed by atoms with Gasteiger partial charge >= 0.3 is 11.8 Å². The molecule has 0 fully saturated rings. The SMILES string of the molecule is CC(=O)N(C(=O)C(=O)NCCCN(C)C)c1ccc(N)cc1. The molecule has 0 aliphatic carbocycles. The second-order valence-electron chi connectivity index (χ2n) is 5.16. The molecule has 22 heavy (non-hydrogen) atoms. The van der Waals surface area contributed by atoms with Crippen LogP contribution >= 0.6 is 0 Å². The van der Waals surface area contributed by atoms with Crippen molar-refractivity contribution in [2.24, 2.45) is 0 Å². The number of hydrogen-bond donors (Lipinski definition) is 2. The fourth-order valence-electron chi connectivity index (χ4n) is 1.84. The van der Waals surface area contributed by atoms with Crippen LogP contribution in [-0.2, 0) is 14.4 Å². The molecule has 0 saturated heterocycles. The van der Waals surface area contributed by atoms with Gasteiger partial charge in [-0.3, -0.25) is 14.4 Å². The van der Waals surface area contributed by atoms with Gasteiger partial charge in [0.05, 0.1) is 5.69 Å². The summed E-state index contributed by atoms with van der Waals surface area (Å²) >= 11 is 0. The van der Waals surface area contributed by atoms with Gasteiger partial charge in [0, 0.05) is 19.2 Å². The lowest BCUT2D eigenvalue weighted by Gasteiger charge is -2.19. The first-order valence-electron chi connectivity index (χ1n) is 6.96. The Labute approximate surface area is 130 Å². The molecule has 1 aromatic rings. The summed E-state index contributed by atoms with van der Waals surface area (Å²) in [5.74, 6) is -2.23. The summed E-state index contributed by atoms with van der Waals surface area (Å²) in [6.07, 6.45) is 0.716. The smallest absolute Gasteiger partial charge is 0.323 e. The summed E-state index contributed by atoms with van der Waals surface area (Å²) in [6.45, 7) is 2.40. The maximum atomic E-state index is 12.1. The Kier molecular flexibility index (Phi) is 6.52. The predicted molar refractivity (Wildman–Crippen MR) is 85.2 cm³/mol. The van der Waals surface area contributed by atoms with Crippen molar-refractivity contribution in [2.75, 3.05) is 37.8 Å². The van der Waals surface area contributed by atoms with E-state index in [4.69, 9.17) is 5.73 Å². The minimum absolute atomic E-state index is 0.315. The van der Waals surface area contributed by atoms with Crippen LogP contribution in [0.3, 0.4) is 0 Å². The second kappa shape index (κ2) is 8.14. The number of imide groups is 1. The molecule has 1 rings (SSSR count). The fourth-order valence-corrected chi connectivity index (χ4v) is 1.84. The Morgan fingerprint density at radius 3 is 2.23 bits per heavy atom. The number of nitrogens with one attached hydrogen (secondary N) is 1. The number of nitrogens with two attached hydrogens (primary N) is 1. The largest absolute Gasteiger partial charge is 0.399 e. The summed E-state index contributed by atoms with van der Waals surface area (Å²) < 4.78 is 0.